The number of hydrogen-bond acceptors (Lipinski definition) is 3. The molecule has 1 aliphatic carbocycles. The third kappa shape index (κ3) is 2.43. The zero-order chi connectivity index (χ0) is 10.7. The van der Waals surface area contributed by atoms with Crippen LogP contribution in [-0.4, -0.2) is 43.8 Å². The van der Waals surface area contributed by atoms with Gasteiger partial charge in [0.15, 0.2) is 0 Å². The average molecular weight is 212 g/mol. The molecule has 2 rings (SSSR count). The largest absolute Gasteiger partial charge is 0.448 e. The van der Waals surface area contributed by atoms with E-state index in [0.717, 1.165) is 25.4 Å². The maximum atomic E-state index is 11.2. The predicted molar refractivity (Wildman–Crippen MR) is 57.7 cm³/mol. The van der Waals surface area contributed by atoms with Crippen LogP contribution in [0.4, 0.5) is 4.79 Å². The van der Waals surface area contributed by atoms with E-state index in [2.05, 4.69) is 5.32 Å². The summed E-state index contributed by atoms with van der Waals surface area (Å²) in [5.41, 5.74) is 0. The number of rotatable bonds is 4. The second-order valence-electron chi connectivity index (χ2n) is 4.48. The number of cyclic esters (lactones) is 1. The van der Waals surface area contributed by atoms with Crippen molar-refractivity contribution >= 4 is 6.09 Å². The highest BCUT2D eigenvalue weighted by Crippen LogP contribution is 2.28. The van der Waals surface area contributed by atoms with E-state index in [1.165, 1.54) is 19.3 Å². The van der Waals surface area contributed by atoms with Gasteiger partial charge in [-0.25, -0.2) is 4.79 Å². The van der Waals surface area contributed by atoms with Crippen molar-refractivity contribution in [2.45, 2.75) is 31.7 Å². The average Bonchev–Trinajstić information content (AvgIpc) is 2.83. The molecule has 1 heterocycles. The Morgan fingerprint density at radius 3 is 3.07 bits per heavy atom. The van der Waals surface area contributed by atoms with Gasteiger partial charge >= 0.3 is 6.09 Å². The molecule has 4 nitrogen and oxygen atoms in total. The quantitative estimate of drug-likeness (QED) is 0.761. The summed E-state index contributed by atoms with van der Waals surface area (Å²) in [5, 5.41) is 3.37. The molecule has 0 bridgehead atoms. The summed E-state index contributed by atoms with van der Waals surface area (Å²) in [6.07, 6.45) is 4.88. The highest BCUT2D eigenvalue weighted by molar-refractivity contribution is 5.69. The van der Waals surface area contributed by atoms with Crippen LogP contribution in [0, 0.1) is 5.92 Å². The van der Waals surface area contributed by atoms with Crippen LogP contribution in [0.3, 0.4) is 0 Å². The van der Waals surface area contributed by atoms with Gasteiger partial charge in [-0.1, -0.05) is 6.42 Å². The molecule has 4 heteroatoms. The number of amides is 1. The summed E-state index contributed by atoms with van der Waals surface area (Å²) in [5.74, 6) is 0.739. The van der Waals surface area contributed by atoms with Crippen molar-refractivity contribution in [2.75, 3.05) is 26.7 Å². The van der Waals surface area contributed by atoms with Crippen molar-refractivity contribution in [1.82, 2.24) is 10.2 Å². The van der Waals surface area contributed by atoms with Crippen LogP contribution in [0.2, 0.25) is 0 Å². The van der Waals surface area contributed by atoms with Gasteiger partial charge in [0.2, 0.25) is 0 Å². The molecule has 0 radical (unpaired) electrons. The normalized spacial score (nSPS) is 31.0. The third-order valence-corrected chi connectivity index (χ3v) is 3.64. The highest BCUT2D eigenvalue weighted by atomic mass is 16.6. The molecule has 1 aliphatic heterocycles. The fourth-order valence-corrected chi connectivity index (χ4v) is 2.71. The van der Waals surface area contributed by atoms with Gasteiger partial charge in [-0.2, -0.15) is 0 Å². The lowest BCUT2D eigenvalue weighted by atomic mass is 9.99. The molecule has 1 saturated carbocycles. The van der Waals surface area contributed by atoms with Crippen LogP contribution in [0.1, 0.15) is 25.7 Å². The monoisotopic (exact) mass is 212 g/mol. The molecular weight excluding hydrogens is 192 g/mol. The Hall–Kier alpha value is -0.770. The number of carbonyl (C=O) groups excluding carboxylic acids is 1. The molecule has 1 N–H and O–H groups in total. The van der Waals surface area contributed by atoms with Crippen molar-refractivity contribution in [3.05, 3.63) is 0 Å². The van der Waals surface area contributed by atoms with E-state index >= 15 is 0 Å². The van der Waals surface area contributed by atoms with E-state index < -0.39 is 0 Å². The Bertz CT molecular complexity index is 233. The fourth-order valence-electron chi connectivity index (χ4n) is 2.71. The van der Waals surface area contributed by atoms with Crippen LogP contribution in [-0.2, 0) is 4.74 Å². The predicted octanol–water partition coefficient (Wildman–Crippen LogP) is 1.22. The standard InChI is InChI=1S/C11H20N2O2/c1-12-10-4-2-3-9(10)5-6-13-7-8-15-11(13)14/h9-10,12H,2-8H2,1H3. The molecule has 1 amide bonds. The maximum Gasteiger partial charge on any atom is 0.409 e. The summed E-state index contributed by atoms with van der Waals surface area (Å²) >= 11 is 0. The summed E-state index contributed by atoms with van der Waals surface area (Å²) < 4.78 is 4.91. The van der Waals surface area contributed by atoms with E-state index in [0.29, 0.717) is 12.6 Å². The van der Waals surface area contributed by atoms with Crippen LogP contribution in [0.5, 0.6) is 0 Å². The second-order valence-corrected chi connectivity index (χ2v) is 4.48. The molecule has 1 saturated heterocycles. The van der Waals surface area contributed by atoms with E-state index in [1.54, 1.807) is 0 Å². The highest BCUT2D eigenvalue weighted by Gasteiger charge is 2.28. The number of carbonyl (C=O) groups is 1. The molecule has 2 aliphatic rings. The number of hydrogen-bond donors (Lipinski definition) is 1. The summed E-state index contributed by atoms with van der Waals surface area (Å²) in [4.78, 5) is 13.0. The molecule has 2 unspecified atom stereocenters. The van der Waals surface area contributed by atoms with Gasteiger partial charge in [-0.05, 0) is 32.2 Å². The fraction of sp³-hybridized carbons (Fsp3) is 0.909. The summed E-state index contributed by atoms with van der Waals surface area (Å²) in [6.45, 7) is 2.20. The van der Waals surface area contributed by atoms with E-state index in [1.807, 2.05) is 11.9 Å². The van der Waals surface area contributed by atoms with Crippen LogP contribution < -0.4 is 5.32 Å². The van der Waals surface area contributed by atoms with Crippen molar-refractivity contribution in [3.8, 4) is 0 Å². The van der Waals surface area contributed by atoms with Gasteiger partial charge in [0.25, 0.3) is 0 Å². The van der Waals surface area contributed by atoms with Crippen LogP contribution >= 0.6 is 0 Å². The molecule has 0 spiro atoms. The van der Waals surface area contributed by atoms with Crippen molar-refractivity contribution in [2.24, 2.45) is 5.92 Å². The Labute approximate surface area is 91.0 Å². The van der Waals surface area contributed by atoms with Crippen molar-refractivity contribution < 1.29 is 9.53 Å². The SMILES string of the molecule is CNC1CCCC1CCN1CCOC1=O. The maximum absolute atomic E-state index is 11.2. The van der Waals surface area contributed by atoms with E-state index in [4.69, 9.17) is 4.74 Å². The van der Waals surface area contributed by atoms with Gasteiger partial charge in [0.1, 0.15) is 6.61 Å². The third-order valence-electron chi connectivity index (χ3n) is 3.64. The van der Waals surface area contributed by atoms with E-state index in [9.17, 15) is 4.79 Å². The molecule has 86 valence electrons. The van der Waals surface area contributed by atoms with Crippen LogP contribution in [0.15, 0.2) is 0 Å². The van der Waals surface area contributed by atoms with Gasteiger partial charge in [0, 0.05) is 12.6 Å². The summed E-state index contributed by atoms with van der Waals surface area (Å²) in [7, 11) is 2.03. The lowest BCUT2D eigenvalue weighted by Crippen LogP contribution is -2.33. The van der Waals surface area contributed by atoms with Crippen molar-refractivity contribution in [1.29, 1.82) is 0 Å². The number of nitrogens with one attached hydrogen (secondary N) is 1. The molecule has 0 aromatic heterocycles. The summed E-state index contributed by atoms with van der Waals surface area (Å²) in [6, 6.07) is 0.656. The second kappa shape index (κ2) is 4.84. The Morgan fingerprint density at radius 1 is 1.53 bits per heavy atom. The first-order chi connectivity index (χ1) is 7.31. The molecular formula is C11H20N2O2. The minimum Gasteiger partial charge on any atom is -0.448 e. The number of nitrogens with zero attached hydrogens (tertiary/aromatic N) is 1. The minimum absolute atomic E-state index is 0.131. The van der Waals surface area contributed by atoms with Gasteiger partial charge in [0.05, 0.1) is 6.54 Å². The molecule has 15 heavy (non-hydrogen) atoms. The zero-order valence-corrected chi connectivity index (χ0v) is 9.37. The zero-order valence-electron chi connectivity index (χ0n) is 9.37. The molecule has 0 aromatic rings. The first-order valence-electron chi connectivity index (χ1n) is 5.90. The van der Waals surface area contributed by atoms with Gasteiger partial charge in [-0.3, -0.25) is 0 Å². The van der Waals surface area contributed by atoms with Crippen LogP contribution in [0.25, 0.3) is 0 Å². The Morgan fingerprint density at radius 2 is 2.40 bits per heavy atom. The van der Waals surface area contributed by atoms with Gasteiger partial charge < -0.3 is 15.0 Å². The first kappa shape index (κ1) is 10.7. The Kier molecular flexibility index (Phi) is 3.46. The number of ether oxygens (including phenoxy) is 1. The Balaban J connectivity index is 1.75. The topological polar surface area (TPSA) is 41.6 Å². The molecule has 0 aromatic carbocycles. The molecule has 2 fully saturated rings. The lowest BCUT2D eigenvalue weighted by Gasteiger charge is -2.21. The lowest BCUT2D eigenvalue weighted by molar-refractivity contribution is 0.156. The van der Waals surface area contributed by atoms with E-state index in [-0.39, 0.29) is 6.09 Å². The van der Waals surface area contributed by atoms with Gasteiger partial charge in [-0.15, -0.1) is 0 Å². The molecule has 2 atom stereocenters. The smallest absolute Gasteiger partial charge is 0.409 e. The van der Waals surface area contributed by atoms with Crippen molar-refractivity contribution in [3.63, 3.8) is 0 Å². The minimum atomic E-state index is -0.131. The first-order valence-corrected chi connectivity index (χ1v) is 5.90.